The molecule has 1 fully saturated rings. The highest BCUT2D eigenvalue weighted by Crippen LogP contribution is 2.29. The standard InChI is InChI=1S/C24H28F4N2O/c1-29(23(31)16-20-3-2-4-21(15-20)24(26,27)28)17-19-10-13-30(14-11-19)12-9-18-5-7-22(25)8-6-18/h2-8,15,19H,9-14,16-17H2,1H3. The summed E-state index contributed by atoms with van der Waals surface area (Å²) in [5, 5.41) is 0. The number of nitrogens with zero attached hydrogens (tertiary/aromatic N) is 2. The number of benzene rings is 2. The summed E-state index contributed by atoms with van der Waals surface area (Å²) in [5.74, 6) is -0.00752. The molecule has 3 nitrogen and oxygen atoms in total. The maximum Gasteiger partial charge on any atom is 0.416 e. The van der Waals surface area contributed by atoms with Crippen LogP contribution in [0.4, 0.5) is 17.6 Å². The molecule has 31 heavy (non-hydrogen) atoms. The molecule has 1 amide bonds. The van der Waals surface area contributed by atoms with Crippen molar-refractivity contribution in [2.75, 3.05) is 33.2 Å². The van der Waals surface area contributed by atoms with Crippen LogP contribution in [0.25, 0.3) is 0 Å². The second kappa shape index (κ2) is 10.3. The molecule has 0 aliphatic carbocycles. The third kappa shape index (κ3) is 7.06. The van der Waals surface area contributed by atoms with Gasteiger partial charge in [-0.2, -0.15) is 13.2 Å². The van der Waals surface area contributed by atoms with Gasteiger partial charge in [-0.05, 0) is 67.6 Å². The molecular formula is C24H28F4N2O. The fourth-order valence-electron chi connectivity index (χ4n) is 3.99. The Hall–Kier alpha value is -2.41. The molecule has 1 heterocycles. The van der Waals surface area contributed by atoms with Gasteiger partial charge in [0.1, 0.15) is 5.82 Å². The van der Waals surface area contributed by atoms with Gasteiger partial charge in [-0.3, -0.25) is 4.79 Å². The molecule has 1 saturated heterocycles. The summed E-state index contributed by atoms with van der Waals surface area (Å²) in [6.07, 6.45) is -1.61. The van der Waals surface area contributed by atoms with E-state index in [4.69, 9.17) is 0 Å². The summed E-state index contributed by atoms with van der Waals surface area (Å²) in [7, 11) is 1.72. The number of alkyl halides is 3. The first-order valence-corrected chi connectivity index (χ1v) is 10.6. The van der Waals surface area contributed by atoms with Gasteiger partial charge in [0, 0.05) is 20.1 Å². The van der Waals surface area contributed by atoms with E-state index in [9.17, 15) is 22.4 Å². The molecule has 0 saturated carbocycles. The van der Waals surface area contributed by atoms with E-state index in [0.29, 0.717) is 18.0 Å². The van der Waals surface area contributed by atoms with Crippen molar-refractivity contribution in [2.45, 2.75) is 31.9 Å². The Morgan fingerprint density at radius 3 is 2.39 bits per heavy atom. The van der Waals surface area contributed by atoms with Gasteiger partial charge >= 0.3 is 6.18 Å². The number of piperidine rings is 1. The highest BCUT2D eigenvalue weighted by atomic mass is 19.4. The zero-order chi connectivity index (χ0) is 22.4. The van der Waals surface area contributed by atoms with Crippen LogP contribution in [0.1, 0.15) is 29.5 Å². The van der Waals surface area contributed by atoms with Gasteiger partial charge in [-0.25, -0.2) is 4.39 Å². The molecule has 3 rings (SSSR count). The van der Waals surface area contributed by atoms with Crippen LogP contribution < -0.4 is 0 Å². The summed E-state index contributed by atoms with van der Waals surface area (Å²) in [6, 6.07) is 11.5. The second-order valence-electron chi connectivity index (χ2n) is 8.31. The first-order valence-electron chi connectivity index (χ1n) is 10.6. The summed E-state index contributed by atoms with van der Waals surface area (Å²) >= 11 is 0. The van der Waals surface area contributed by atoms with Crippen LogP contribution >= 0.6 is 0 Å². The van der Waals surface area contributed by atoms with Crippen LogP contribution in [0.5, 0.6) is 0 Å². The van der Waals surface area contributed by atoms with Crippen LogP contribution in [-0.2, 0) is 23.8 Å². The van der Waals surface area contributed by atoms with E-state index < -0.39 is 11.7 Å². The number of rotatable bonds is 7. The molecule has 0 unspecified atom stereocenters. The monoisotopic (exact) mass is 436 g/mol. The minimum absolute atomic E-state index is 0.0308. The molecule has 7 heteroatoms. The van der Waals surface area contributed by atoms with Crippen LogP contribution in [0.3, 0.4) is 0 Å². The van der Waals surface area contributed by atoms with Gasteiger partial charge in [0.25, 0.3) is 0 Å². The third-order valence-corrected chi connectivity index (χ3v) is 5.90. The first kappa shape index (κ1) is 23.3. The second-order valence-corrected chi connectivity index (χ2v) is 8.31. The molecule has 168 valence electrons. The summed E-state index contributed by atoms with van der Waals surface area (Å²) < 4.78 is 51.6. The van der Waals surface area contributed by atoms with Crippen molar-refractivity contribution in [1.82, 2.24) is 9.80 Å². The fraction of sp³-hybridized carbons (Fsp3) is 0.458. The van der Waals surface area contributed by atoms with E-state index in [1.807, 2.05) is 12.1 Å². The Kier molecular flexibility index (Phi) is 7.70. The molecule has 1 aliphatic heterocycles. The SMILES string of the molecule is CN(CC1CCN(CCc2ccc(F)cc2)CC1)C(=O)Cc1cccc(C(F)(F)F)c1. The quantitative estimate of drug-likeness (QED) is 0.582. The molecule has 0 radical (unpaired) electrons. The Bertz CT molecular complexity index is 859. The lowest BCUT2D eigenvalue weighted by Crippen LogP contribution is -2.40. The number of carbonyl (C=O) groups excluding carboxylic acids is 1. The topological polar surface area (TPSA) is 23.6 Å². The Balaban J connectivity index is 1.41. The minimum Gasteiger partial charge on any atom is -0.345 e. The molecular weight excluding hydrogens is 408 g/mol. The van der Waals surface area contributed by atoms with Crippen molar-refractivity contribution >= 4 is 5.91 Å². The average Bonchev–Trinajstić information content (AvgIpc) is 2.74. The summed E-state index contributed by atoms with van der Waals surface area (Å²) in [5.41, 5.74) is 0.763. The number of likely N-dealkylation sites (tertiary alicyclic amines) is 1. The highest BCUT2D eigenvalue weighted by molar-refractivity contribution is 5.78. The Morgan fingerprint density at radius 1 is 1.06 bits per heavy atom. The van der Waals surface area contributed by atoms with E-state index >= 15 is 0 Å². The fourth-order valence-corrected chi connectivity index (χ4v) is 3.99. The van der Waals surface area contributed by atoms with Crippen molar-refractivity contribution in [3.8, 4) is 0 Å². The maximum atomic E-state index is 13.0. The lowest BCUT2D eigenvalue weighted by atomic mass is 9.95. The largest absolute Gasteiger partial charge is 0.416 e. The van der Waals surface area contributed by atoms with Crippen molar-refractivity contribution in [3.63, 3.8) is 0 Å². The molecule has 0 bridgehead atoms. The number of amides is 1. The zero-order valence-corrected chi connectivity index (χ0v) is 17.7. The number of halogens is 4. The van der Waals surface area contributed by atoms with Crippen molar-refractivity contribution in [3.05, 3.63) is 71.0 Å². The van der Waals surface area contributed by atoms with E-state index in [1.54, 1.807) is 18.0 Å². The first-order chi connectivity index (χ1) is 14.7. The summed E-state index contributed by atoms with van der Waals surface area (Å²) in [4.78, 5) is 16.5. The van der Waals surface area contributed by atoms with Gasteiger partial charge in [-0.15, -0.1) is 0 Å². The van der Waals surface area contributed by atoms with Crippen LogP contribution in [0, 0.1) is 11.7 Å². The van der Waals surface area contributed by atoms with Crippen molar-refractivity contribution in [2.24, 2.45) is 5.92 Å². The molecule has 2 aromatic carbocycles. The van der Waals surface area contributed by atoms with Gasteiger partial charge in [0.2, 0.25) is 5.91 Å². The number of carbonyl (C=O) groups is 1. The average molecular weight is 436 g/mol. The normalized spacial score (nSPS) is 15.8. The van der Waals surface area contributed by atoms with Gasteiger partial charge < -0.3 is 9.80 Å². The third-order valence-electron chi connectivity index (χ3n) is 5.90. The Labute approximate surface area is 180 Å². The molecule has 0 N–H and O–H groups in total. The zero-order valence-electron chi connectivity index (χ0n) is 17.7. The van der Waals surface area contributed by atoms with Crippen molar-refractivity contribution < 1.29 is 22.4 Å². The predicted molar refractivity (Wildman–Crippen MR) is 112 cm³/mol. The molecule has 1 aliphatic rings. The van der Waals surface area contributed by atoms with Crippen LogP contribution in [-0.4, -0.2) is 48.9 Å². The summed E-state index contributed by atoms with van der Waals surface area (Å²) in [6.45, 7) is 3.43. The van der Waals surface area contributed by atoms with E-state index in [1.165, 1.54) is 18.2 Å². The number of hydrogen-bond acceptors (Lipinski definition) is 2. The van der Waals surface area contributed by atoms with Crippen LogP contribution in [0.15, 0.2) is 48.5 Å². The lowest BCUT2D eigenvalue weighted by molar-refractivity contribution is -0.138. The predicted octanol–water partition coefficient (Wildman–Crippen LogP) is 4.80. The van der Waals surface area contributed by atoms with Gasteiger partial charge in [-0.1, -0.05) is 30.3 Å². The molecule has 0 atom stereocenters. The number of likely N-dealkylation sites (N-methyl/N-ethyl adjacent to an activating group) is 1. The van der Waals surface area contributed by atoms with Gasteiger partial charge in [0.15, 0.2) is 0 Å². The van der Waals surface area contributed by atoms with E-state index in [2.05, 4.69) is 4.90 Å². The lowest BCUT2D eigenvalue weighted by Gasteiger charge is -2.34. The van der Waals surface area contributed by atoms with Crippen LogP contribution in [0.2, 0.25) is 0 Å². The van der Waals surface area contributed by atoms with E-state index in [-0.39, 0.29) is 18.1 Å². The number of hydrogen-bond donors (Lipinski definition) is 0. The Morgan fingerprint density at radius 2 is 1.74 bits per heavy atom. The highest BCUT2D eigenvalue weighted by Gasteiger charge is 2.30. The molecule has 0 spiro atoms. The molecule has 2 aromatic rings. The van der Waals surface area contributed by atoms with Crippen molar-refractivity contribution in [1.29, 1.82) is 0 Å². The van der Waals surface area contributed by atoms with E-state index in [0.717, 1.165) is 56.6 Å². The smallest absolute Gasteiger partial charge is 0.345 e. The van der Waals surface area contributed by atoms with Gasteiger partial charge in [0.05, 0.1) is 12.0 Å². The molecule has 0 aromatic heterocycles. The minimum atomic E-state index is -4.41. The maximum absolute atomic E-state index is 13.0.